The molecule has 3 aliphatic rings. The first-order valence-electron chi connectivity index (χ1n) is 31.4. The van der Waals surface area contributed by atoms with Crippen molar-refractivity contribution >= 4 is 87.2 Å². The summed E-state index contributed by atoms with van der Waals surface area (Å²) in [6, 6.07) is 120. The average molecular weight is 1140 g/mol. The molecule has 0 radical (unpaired) electrons. The maximum Gasteiger partial charge on any atom is 0.0721 e. The highest BCUT2D eigenvalue weighted by atomic mass is 15.0. The Hall–Kier alpha value is -11.7. The van der Waals surface area contributed by atoms with Gasteiger partial charge in [0.15, 0.2) is 0 Å². The van der Waals surface area contributed by atoms with Crippen molar-refractivity contribution in [2.24, 2.45) is 0 Å². The lowest BCUT2D eigenvalue weighted by Gasteiger charge is -2.49. The van der Waals surface area contributed by atoms with Crippen molar-refractivity contribution in [2.75, 3.05) is 0 Å². The third-order valence-corrected chi connectivity index (χ3v) is 21.0. The summed E-state index contributed by atoms with van der Waals surface area (Å²) in [6.07, 6.45) is 0. The molecule has 3 aliphatic carbocycles. The van der Waals surface area contributed by atoms with Gasteiger partial charge in [0.05, 0.1) is 55.0 Å². The number of hydrogen-bond donors (Lipinski definition) is 0. The molecule has 0 aliphatic heterocycles. The summed E-state index contributed by atoms with van der Waals surface area (Å²) in [5.74, 6) is 0. The Morgan fingerprint density at radius 3 is 0.756 bits per heavy atom. The van der Waals surface area contributed by atoms with Crippen LogP contribution in [0.3, 0.4) is 0 Å². The summed E-state index contributed by atoms with van der Waals surface area (Å²) in [6.45, 7) is 0. The predicted octanol–water partition coefficient (Wildman–Crippen LogP) is 21.1. The first kappa shape index (κ1) is 48.4. The van der Waals surface area contributed by atoms with Crippen molar-refractivity contribution < 1.29 is 0 Å². The lowest BCUT2D eigenvalue weighted by Crippen LogP contribution is -2.44. The summed E-state index contributed by atoms with van der Waals surface area (Å²) in [5.41, 5.74) is 28.1. The molecule has 416 valence electrons. The zero-order chi connectivity index (χ0) is 58.6. The molecule has 21 rings (SSSR count). The molecule has 0 amide bonds. The molecule has 4 heterocycles. The molecule has 0 bridgehead atoms. The highest BCUT2D eigenvalue weighted by molar-refractivity contribution is 6.16. The number of rotatable bonds is 4. The molecule has 4 nitrogen and oxygen atoms in total. The number of para-hydroxylation sites is 6. The Kier molecular flexibility index (Phi) is 9.41. The Labute approximate surface area is 518 Å². The summed E-state index contributed by atoms with van der Waals surface area (Å²) >= 11 is 0. The third-order valence-electron chi connectivity index (χ3n) is 21.0. The normalized spacial score (nSPS) is 14.0. The van der Waals surface area contributed by atoms with Crippen molar-refractivity contribution in [3.05, 3.63) is 360 Å². The van der Waals surface area contributed by atoms with Gasteiger partial charge in [-0.3, -0.25) is 0 Å². The van der Waals surface area contributed by atoms with Crippen molar-refractivity contribution in [3.8, 4) is 45.0 Å². The van der Waals surface area contributed by atoms with Crippen LogP contribution in [-0.2, 0) is 10.8 Å². The van der Waals surface area contributed by atoms with Crippen LogP contribution in [0.5, 0.6) is 0 Å². The molecule has 0 saturated carbocycles. The van der Waals surface area contributed by atoms with E-state index in [0.29, 0.717) is 0 Å². The van der Waals surface area contributed by atoms with Crippen LogP contribution in [0.1, 0.15) is 44.5 Å². The molecule has 4 aromatic heterocycles. The van der Waals surface area contributed by atoms with Gasteiger partial charge in [-0.15, -0.1) is 0 Å². The lowest BCUT2D eigenvalue weighted by molar-refractivity contribution is 0.635. The van der Waals surface area contributed by atoms with Crippen LogP contribution < -0.4 is 0 Å². The number of fused-ring (bicyclic) bond motifs is 28. The van der Waals surface area contributed by atoms with Crippen molar-refractivity contribution in [2.45, 2.75) is 10.8 Å². The van der Waals surface area contributed by atoms with E-state index in [2.05, 4.69) is 334 Å². The number of benzene rings is 14. The molecule has 0 atom stereocenters. The van der Waals surface area contributed by atoms with E-state index in [0.717, 1.165) is 22.7 Å². The number of nitrogens with zero attached hydrogens (tertiary/aromatic N) is 4. The maximum absolute atomic E-state index is 2.66. The van der Waals surface area contributed by atoms with Crippen LogP contribution in [-0.4, -0.2) is 18.3 Å². The largest absolute Gasteiger partial charge is 0.309 e. The fourth-order valence-corrected chi connectivity index (χ4v) is 17.7. The van der Waals surface area contributed by atoms with E-state index >= 15 is 0 Å². The van der Waals surface area contributed by atoms with Gasteiger partial charge in [0.1, 0.15) is 0 Å². The summed E-state index contributed by atoms with van der Waals surface area (Å²) in [4.78, 5) is 0. The maximum atomic E-state index is 2.66. The first-order valence-corrected chi connectivity index (χ1v) is 31.4. The van der Waals surface area contributed by atoms with E-state index < -0.39 is 10.8 Å². The van der Waals surface area contributed by atoms with E-state index in [1.54, 1.807) is 0 Å². The molecule has 4 heteroatoms. The highest BCUT2D eigenvalue weighted by Gasteiger charge is 2.59. The van der Waals surface area contributed by atoms with E-state index in [1.807, 2.05) is 0 Å². The second kappa shape index (κ2) is 17.5. The summed E-state index contributed by atoms with van der Waals surface area (Å²) < 4.78 is 9.98. The van der Waals surface area contributed by atoms with Crippen molar-refractivity contribution in [1.29, 1.82) is 0 Å². The minimum atomic E-state index is -0.756. The number of hydrogen-bond acceptors (Lipinski definition) is 0. The van der Waals surface area contributed by atoms with Crippen molar-refractivity contribution in [3.63, 3.8) is 0 Å². The minimum Gasteiger partial charge on any atom is -0.309 e. The quantitative estimate of drug-likeness (QED) is 0.167. The lowest BCUT2D eigenvalue weighted by atomic mass is 9.52. The molecule has 0 N–H and O–H groups in total. The van der Waals surface area contributed by atoms with E-state index in [1.165, 1.54) is 154 Å². The van der Waals surface area contributed by atoms with Gasteiger partial charge in [0, 0.05) is 65.8 Å². The predicted molar refractivity (Wildman–Crippen MR) is 372 cm³/mol. The number of aromatic nitrogens is 4. The van der Waals surface area contributed by atoms with E-state index in [4.69, 9.17) is 0 Å². The second-order valence-electron chi connectivity index (χ2n) is 25.0. The molecular weight excluding hydrogens is 1090 g/mol. The van der Waals surface area contributed by atoms with Crippen LogP contribution in [0.2, 0.25) is 0 Å². The average Bonchev–Trinajstić information content (AvgIpc) is 1.30. The van der Waals surface area contributed by atoms with E-state index in [9.17, 15) is 0 Å². The van der Waals surface area contributed by atoms with Gasteiger partial charge in [0.25, 0.3) is 0 Å². The first-order chi connectivity index (χ1) is 44.7. The third kappa shape index (κ3) is 5.92. The molecule has 18 aromatic rings. The molecule has 0 saturated heterocycles. The SMILES string of the molecule is c1ccc(-n2c3ccccc3c3cc(-n4c5ccccc5c5cc6c(cc54)C4(c5ccccc5-c5ccccc54)c4cc5c7ccccc7n(-c7ccc8c(c7)c7ccccc7n8-c7ccccc7)c5cc4C64c5ccccc5-c5ccccc54)ccc32)cc1. The molecule has 90 heavy (non-hydrogen) atoms. The molecule has 2 spiro atoms. The van der Waals surface area contributed by atoms with Crippen LogP contribution >= 0.6 is 0 Å². The van der Waals surface area contributed by atoms with Crippen LogP contribution in [0, 0.1) is 0 Å². The van der Waals surface area contributed by atoms with Gasteiger partial charge >= 0.3 is 0 Å². The molecule has 0 unspecified atom stereocenters. The highest BCUT2D eigenvalue weighted by Crippen LogP contribution is 2.69. The zero-order valence-corrected chi connectivity index (χ0v) is 48.8. The van der Waals surface area contributed by atoms with Crippen LogP contribution in [0.15, 0.2) is 315 Å². The second-order valence-corrected chi connectivity index (χ2v) is 25.0. The Bertz CT molecular complexity index is 5700. The van der Waals surface area contributed by atoms with E-state index in [-0.39, 0.29) is 0 Å². The van der Waals surface area contributed by atoms with Crippen LogP contribution in [0.25, 0.3) is 132 Å². The standard InChI is InChI=1S/C86H52N4/c1-3-23-53(24-4-1)87-77-39-19-11-31-61(77)65-47-55(43-45-81(65)87)89-79-41-21-13-33-63(79)67-49-73-75(51-83(67)89)85(69-35-15-7-27-57(69)58-28-8-16-36-70(58)85)74-50-68-64-34-14-22-42-80(64)90(84(68)52-76(74)86(73)71-37-17-9-29-59(71)60-30-10-18-38-72(60)86)56-44-46-82-66(48-56)62-32-12-20-40-78(62)88(82)54-25-5-2-6-26-54/h1-52H. The van der Waals surface area contributed by atoms with Gasteiger partial charge in [0.2, 0.25) is 0 Å². The zero-order valence-electron chi connectivity index (χ0n) is 48.8. The topological polar surface area (TPSA) is 19.7 Å². The molecule has 0 fully saturated rings. The smallest absolute Gasteiger partial charge is 0.0721 e. The van der Waals surface area contributed by atoms with Gasteiger partial charge in [-0.05, 0) is 176 Å². The Balaban J connectivity index is 0.923. The van der Waals surface area contributed by atoms with Crippen LogP contribution in [0.4, 0.5) is 0 Å². The Morgan fingerprint density at radius 2 is 0.411 bits per heavy atom. The molecule has 14 aromatic carbocycles. The van der Waals surface area contributed by atoms with Crippen molar-refractivity contribution in [1.82, 2.24) is 18.3 Å². The fraction of sp³-hybridized carbons (Fsp3) is 0.0233. The summed E-state index contributed by atoms with van der Waals surface area (Å²) in [5, 5.41) is 9.82. The van der Waals surface area contributed by atoms with Gasteiger partial charge < -0.3 is 18.3 Å². The Morgan fingerprint density at radius 1 is 0.156 bits per heavy atom. The monoisotopic (exact) mass is 1140 g/mol. The summed E-state index contributed by atoms with van der Waals surface area (Å²) in [7, 11) is 0. The van der Waals surface area contributed by atoms with Gasteiger partial charge in [-0.1, -0.05) is 206 Å². The van der Waals surface area contributed by atoms with Gasteiger partial charge in [-0.25, -0.2) is 0 Å². The van der Waals surface area contributed by atoms with Gasteiger partial charge in [-0.2, -0.15) is 0 Å². The molecular formula is C86H52N4. The fourth-order valence-electron chi connectivity index (χ4n) is 17.7. The minimum absolute atomic E-state index is 0.756.